The van der Waals surface area contributed by atoms with Crippen molar-refractivity contribution in [2.45, 2.75) is 59.3 Å². The molecule has 0 spiro atoms. The first-order valence-electron chi connectivity index (χ1n) is 16.1. The molecule has 0 atom stereocenters. The van der Waals surface area contributed by atoms with Gasteiger partial charge in [-0.15, -0.1) is 0 Å². The van der Waals surface area contributed by atoms with Crippen molar-refractivity contribution in [3.8, 4) is 0 Å². The lowest BCUT2D eigenvalue weighted by Gasteiger charge is -2.29. The lowest BCUT2D eigenvalue weighted by molar-refractivity contribution is 0.590. The lowest BCUT2D eigenvalue weighted by atomic mass is 9.86. The molecule has 0 aliphatic heterocycles. The Morgan fingerprint density at radius 3 is 1.48 bits per heavy atom. The van der Waals surface area contributed by atoms with E-state index in [4.69, 9.17) is 6.57 Å². The Morgan fingerprint density at radius 2 is 0.978 bits per heavy atom. The molecule has 0 aliphatic carbocycles. The molecule has 0 saturated carbocycles. The van der Waals surface area contributed by atoms with Crippen LogP contribution in [0.2, 0.25) is 0 Å². The standard InChI is InChI=1S/C44H40N2/c1-28(45-8)27-29-15-24-37-38-25-26-40(39-14-10-13-36(42(38)39)35-12-9-11-34(29)41(35)37)46(32-20-16-30(17-21-32)43(2,3)4)33-22-18-31(19-23-33)44(5,6)7/h9-27H,1-7H3/b28-27-. The van der Waals surface area contributed by atoms with Gasteiger partial charge in [-0.05, 0) is 102 Å². The van der Waals surface area contributed by atoms with Crippen LogP contribution in [0.15, 0.2) is 115 Å². The highest BCUT2D eigenvalue weighted by Gasteiger charge is 2.22. The van der Waals surface area contributed by atoms with Gasteiger partial charge >= 0.3 is 0 Å². The number of hydrogen-bond donors (Lipinski definition) is 0. The third kappa shape index (κ3) is 4.88. The van der Waals surface area contributed by atoms with Crippen LogP contribution in [0.4, 0.5) is 17.1 Å². The molecule has 2 nitrogen and oxygen atoms in total. The number of anilines is 3. The van der Waals surface area contributed by atoms with Crippen molar-refractivity contribution >= 4 is 66.2 Å². The van der Waals surface area contributed by atoms with E-state index in [9.17, 15) is 0 Å². The smallest absolute Gasteiger partial charge is 0.163 e. The summed E-state index contributed by atoms with van der Waals surface area (Å²) in [6, 6.07) is 40.5. The van der Waals surface area contributed by atoms with Gasteiger partial charge in [0.1, 0.15) is 0 Å². The van der Waals surface area contributed by atoms with Crippen LogP contribution in [-0.4, -0.2) is 0 Å². The van der Waals surface area contributed by atoms with Crippen LogP contribution in [0, 0.1) is 6.57 Å². The minimum absolute atomic E-state index is 0.0801. The summed E-state index contributed by atoms with van der Waals surface area (Å²) < 4.78 is 0. The fourth-order valence-corrected chi connectivity index (χ4v) is 6.94. The van der Waals surface area contributed by atoms with E-state index in [1.807, 2.05) is 13.0 Å². The second-order valence-electron chi connectivity index (χ2n) is 14.6. The van der Waals surface area contributed by atoms with E-state index in [0.717, 1.165) is 22.6 Å². The Balaban J connectivity index is 1.51. The van der Waals surface area contributed by atoms with E-state index in [0.29, 0.717) is 5.70 Å². The Hall–Kier alpha value is -5.13. The van der Waals surface area contributed by atoms with Gasteiger partial charge in [0.2, 0.25) is 0 Å². The van der Waals surface area contributed by atoms with Crippen molar-refractivity contribution in [1.29, 1.82) is 0 Å². The summed E-state index contributed by atoms with van der Waals surface area (Å²) in [6.45, 7) is 22.9. The van der Waals surface area contributed by atoms with E-state index in [1.165, 1.54) is 54.2 Å². The fraction of sp³-hybridized carbons (Fsp3) is 0.205. The van der Waals surface area contributed by atoms with Crippen LogP contribution in [-0.2, 0) is 10.8 Å². The summed E-state index contributed by atoms with van der Waals surface area (Å²) >= 11 is 0. The van der Waals surface area contributed by atoms with Gasteiger partial charge in [-0.1, -0.05) is 126 Å². The van der Waals surface area contributed by atoms with Gasteiger partial charge in [0.25, 0.3) is 0 Å². The Labute approximate surface area is 272 Å². The van der Waals surface area contributed by atoms with Gasteiger partial charge in [0, 0.05) is 16.8 Å². The highest BCUT2D eigenvalue weighted by molar-refractivity contribution is 6.34. The molecule has 7 rings (SSSR count). The molecule has 7 aromatic carbocycles. The van der Waals surface area contributed by atoms with Gasteiger partial charge in [-0.2, -0.15) is 0 Å². The van der Waals surface area contributed by atoms with E-state index >= 15 is 0 Å². The first-order valence-corrected chi connectivity index (χ1v) is 16.1. The largest absolute Gasteiger partial charge is 0.310 e. The van der Waals surface area contributed by atoms with E-state index in [-0.39, 0.29) is 10.8 Å². The topological polar surface area (TPSA) is 7.60 Å². The minimum Gasteiger partial charge on any atom is -0.310 e. The van der Waals surface area contributed by atoms with E-state index < -0.39 is 0 Å². The normalized spacial score (nSPS) is 12.8. The molecule has 0 bridgehead atoms. The molecule has 7 aromatic rings. The van der Waals surface area contributed by atoms with Crippen LogP contribution in [0.1, 0.15) is 65.2 Å². The van der Waals surface area contributed by atoms with Crippen LogP contribution < -0.4 is 4.90 Å². The maximum atomic E-state index is 7.48. The number of rotatable bonds is 4. The average molecular weight is 597 g/mol. The summed E-state index contributed by atoms with van der Waals surface area (Å²) in [7, 11) is 0. The first kappa shape index (κ1) is 29.6. The van der Waals surface area contributed by atoms with Crippen molar-refractivity contribution in [2.75, 3.05) is 4.90 Å². The number of nitrogens with zero attached hydrogens (tertiary/aromatic N) is 2. The summed E-state index contributed by atoms with van der Waals surface area (Å²) in [6.07, 6.45) is 2.00. The second kappa shape index (κ2) is 10.7. The summed E-state index contributed by atoms with van der Waals surface area (Å²) in [5.74, 6) is 0. The second-order valence-corrected chi connectivity index (χ2v) is 14.6. The number of allylic oxidation sites excluding steroid dienone is 1. The predicted molar refractivity (Wildman–Crippen MR) is 200 cm³/mol. The van der Waals surface area contributed by atoms with Crippen LogP contribution in [0.25, 0.3) is 54.0 Å². The molecular formula is C44H40N2. The highest BCUT2D eigenvalue weighted by Crippen LogP contribution is 2.47. The molecule has 0 fully saturated rings. The quantitative estimate of drug-likeness (QED) is 0.111. The summed E-state index contributed by atoms with van der Waals surface area (Å²) in [5, 5.41) is 9.94. The predicted octanol–water partition coefficient (Wildman–Crippen LogP) is 13.1. The monoisotopic (exact) mass is 596 g/mol. The maximum Gasteiger partial charge on any atom is 0.163 e. The fourth-order valence-electron chi connectivity index (χ4n) is 6.94. The molecule has 0 radical (unpaired) electrons. The zero-order chi connectivity index (χ0) is 32.4. The SMILES string of the molecule is [C-]#[N+]/C(C)=C\c1ccc2c3ccc(N(c4ccc(C(C)(C)C)cc4)c4ccc(C(C)(C)C)cc4)c4cccc(c5cccc1c52)c43. The van der Waals surface area contributed by atoms with Gasteiger partial charge in [-0.3, -0.25) is 0 Å². The van der Waals surface area contributed by atoms with Gasteiger partial charge in [-0.25, -0.2) is 4.85 Å². The number of hydrogen-bond acceptors (Lipinski definition) is 1. The highest BCUT2D eigenvalue weighted by atomic mass is 15.1. The molecule has 46 heavy (non-hydrogen) atoms. The third-order valence-corrected chi connectivity index (χ3v) is 9.44. The Bertz CT molecular complexity index is 2240. The lowest BCUT2D eigenvalue weighted by Crippen LogP contribution is -2.14. The average Bonchev–Trinajstić information content (AvgIpc) is 3.04. The number of benzene rings is 7. The van der Waals surface area contributed by atoms with Crippen molar-refractivity contribution in [3.05, 3.63) is 143 Å². The molecular weight excluding hydrogens is 556 g/mol. The van der Waals surface area contributed by atoms with Gasteiger partial charge in [0.15, 0.2) is 5.70 Å². The molecule has 0 heterocycles. The van der Waals surface area contributed by atoms with Crippen LogP contribution in [0.3, 0.4) is 0 Å². The Kier molecular flexibility index (Phi) is 6.91. The molecule has 0 unspecified atom stereocenters. The zero-order valence-corrected chi connectivity index (χ0v) is 27.9. The van der Waals surface area contributed by atoms with Crippen molar-refractivity contribution in [2.24, 2.45) is 0 Å². The van der Waals surface area contributed by atoms with Gasteiger partial charge in [0.05, 0.1) is 12.3 Å². The van der Waals surface area contributed by atoms with E-state index in [2.05, 4.69) is 160 Å². The summed E-state index contributed by atoms with van der Waals surface area (Å²) in [4.78, 5) is 6.07. The zero-order valence-electron chi connectivity index (χ0n) is 27.9. The molecule has 0 N–H and O–H groups in total. The van der Waals surface area contributed by atoms with Crippen molar-refractivity contribution in [1.82, 2.24) is 0 Å². The first-order chi connectivity index (χ1) is 22.0. The van der Waals surface area contributed by atoms with Gasteiger partial charge < -0.3 is 4.90 Å². The van der Waals surface area contributed by atoms with Crippen molar-refractivity contribution < 1.29 is 0 Å². The maximum absolute atomic E-state index is 7.48. The molecule has 0 saturated heterocycles. The van der Waals surface area contributed by atoms with Crippen LogP contribution >= 0.6 is 0 Å². The molecule has 0 aliphatic rings. The van der Waals surface area contributed by atoms with Crippen molar-refractivity contribution in [3.63, 3.8) is 0 Å². The molecule has 226 valence electrons. The third-order valence-electron chi connectivity index (χ3n) is 9.44. The molecule has 0 amide bonds. The molecule has 0 aromatic heterocycles. The minimum atomic E-state index is 0.0801. The Morgan fingerprint density at radius 1 is 0.543 bits per heavy atom. The summed E-state index contributed by atoms with van der Waals surface area (Å²) in [5.41, 5.74) is 8.02. The molecule has 2 heteroatoms. The number of fused-ring (bicyclic) bond motifs is 2. The van der Waals surface area contributed by atoms with E-state index in [1.54, 1.807) is 0 Å². The van der Waals surface area contributed by atoms with Crippen LogP contribution in [0.5, 0.6) is 0 Å².